The maximum atomic E-state index is 11.5. The molecule has 2 fully saturated rings. The van der Waals surface area contributed by atoms with Crippen molar-refractivity contribution in [1.82, 2.24) is 5.32 Å². The van der Waals surface area contributed by atoms with Crippen LogP contribution in [0.1, 0.15) is 32.1 Å². The summed E-state index contributed by atoms with van der Waals surface area (Å²) in [6.07, 6.45) is 5.53. The standard InChI is InChI=1S/C10H20N2O2S/c11-7-10(5-6-15(13,14)8-10)12-9-3-1-2-4-9/h9,12H,1-8,11H2. The van der Waals surface area contributed by atoms with Gasteiger partial charge in [-0.15, -0.1) is 0 Å². The third-order valence-electron chi connectivity index (χ3n) is 3.64. The SMILES string of the molecule is NCC1(NC2CCCC2)CCS(=O)(=O)C1. The number of nitrogens with one attached hydrogen (secondary N) is 1. The summed E-state index contributed by atoms with van der Waals surface area (Å²) < 4.78 is 23.0. The molecule has 1 saturated heterocycles. The van der Waals surface area contributed by atoms with Crippen LogP contribution >= 0.6 is 0 Å². The molecular formula is C10H20N2O2S. The van der Waals surface area contributed by atoms with Crippen LogP contribution in [0.25, 0.3) is 0 Å². The normalized spacial score (nSPS) is 36.1. The lowest BCUT2D eigenvalue weighted by molar-refractivity contribution is 0.322. The summed E-state index contributed by atoms with van der Waals surface area (Å²) in [5, 5.41) is 3.49. The molecule has 0 bridgehead atoms. The second kappa shape index (κ2) is 4.03. The Labute approximate surface area is 91.5 Å². The van der Waals surface area contributed by atoms with Gasteiger partial charge in [0.05, 0.1) is 11.5 Å². The van der Waals surface area contributed by atoms with E-state index in [1.807, 2.05) is 0 Å². The van der Waals surface area contributed by atoms with E-state index in [2.05, 4.69) is 5.32 Å². The third kappa shape index (κ3) is 2.52. The van der Waals surface area contributed by atoms with Gasteiger partial charge in [-0.05, 0) is 19.3 Å². The highest BCUT2D eigenvalue weighted by Crippen LogP contribution is 2.27. The van der Waals surface area contributed by atoms with Gasteiger partial charge in [-0.3, -0.25) is 0 Å². The lowest BCUT2D eigenvalue weighted by atomic mass is 9.97. The van der Waals surface area contributed by atoms with Crippen LogP contribution in [-0.4, -0.2) is 38.0 Å². The zero-order valence-corrected chi connectivity index (χ0v) is 9.85. The highest BCUT2D eigenvalue weighted by Gasteiger charge is 2.42. The number of nitrogens with two attached hydrogens (primary N) is 1. The molecule has 88 valence electrons. The minimum Gasteiger partial charge on any atom is -0.329 e. The molecule has 1 unspecified atom stereocenters. The Morgan fingerprint density at radius 3 is 2.47 bits per heavy atom. The van der Waals surface area contributed by atoms with Gasteiger partial charge in [0.2, 0.25) is 0 Å². The zero-order valence-electron chi connectivity index (χ0n) is 9.04. The Kier molecular flexibility index (Phi) is 3.05. The Balaban J connectivity index is 2.03. The molecule has 15 heavy (non-hydrogen) atoms. The summed E-state index contributed by atoms with van der Waals surface area (Å²) in [5.41, 5.74) is 5.42. The summed E-state index contributed by atoms with van der Waals surface area (Å²) in [6, 6.07) is 0.488. The van der Waals surface area contributed by atoms with Gasteiger partial charge in [0.25, 0.3) is 0 Å². The highest BCUT2D eigenvalue weighted by molar-refractivity contribution is 7.91. The van der Waals surface area contributed by atoms with Crippen molar-refractivity contribution < 1.29 is 8.42 Å². The minimum absolute atomic E-state index is 0.229. The van der Waals surface area contributed by atoms with Crippen molar-refractivity contribution in [2.24, 2.45) is 5.73 Å². The molecule has 1 atom stereocenters. The monoisotopic (exact) mass is 232 g/mol. The van der Waals surface area contributed by atoms with Gasteiger partial charge >= 0.3 is 0 Å². The molecule has 4 nitrogen and oxygen atoms in total. The van der Waals surface area contributed by atoms with Gasteiger partial charge in [-0.25, -0.2) is 8.42 Å². The quantitative estimate of drug-likeness (QED) is 0.720. The molecule has 0 radical (unpaired) electrons. The molecule has 0 aromatic heterocycles. The van der Waals surface area contributed by atoms with E-state index in [1.54, 1.807) is 0 Å². The average molecular weight is 232 g/mol. The molecule has 0 aromatic rings. The van der Waals surface area contributed by atoms with Crippen molar-refractivity contribution >= 4 is 9.84 Å². The van der Waals surface area contributed by atoms with Crippen molar-refractivity contribution in [1.29, 1.82) is 0 Å². The van der Waals surface area contributed by atoms with Crippen LogP contribution in [0.15, 0.2) is 0 Å². The first-order valence-corrected chi connectivity index (χ1v) is 7.56. The Morgan fingerprint density at radius 1 is 1.33 bits per heavy atom. The van der Waals surface area contributed by atoms with Crippen molar-refractivity contribution in [3.8, 4) is 0 Å². The summed E-state index contributed by atoms with van der Waals surface area (Å²) in [7, 11) is -2.85. The second-order valence-electron chi connectivity index (χ2n) is 4.95. The molecule has 1 aliphatic heterocycles. The van der Waals surface area contributed by atoms with Crippen LogP contribution in [0.5, 0.6) is 0 Å². The molecular weight excluding hydrogens is 212 g/mol. The van der Waals surface area contributed by atoms with E-state index in [9.17, 15) is 8.42 Å². The smallest absolute Gasteiger partial charge is 0.152 e. The first-order valence-electron chi connectivity index (χ1n) is 5.73. The molecule has 2 aliphatic rings. The van der Waals surface area contributed by atoms with Crippen LogP contribution in [0.4, 0.5) is 0 Å². The van der Waals surface area contributed by atoms with Crippen LogP contribution < -0.4 is 11.1 Å². The van der Waals surface area contributed by atoms with E-state index in [-0.39, 0.29) is 11.3 Å². The number of hydrogen-bond donors (Lipinski definition) is 2. The third-order valence-corrected chi connectivity index (χ3v) is 5.46. The Morgan fingerprint density at radius 2 is 2.00 bits per heavy atom. The fourth-order valence-corrected chi connectivity index (χ4v) is 4.79. The largest absolute Gasteiger partial charge is 0.329 e. The van der Waals surface area contributed by atoms with Gasteiger partial charge in [-0.1, -0.05) is 12.8 Å². The lowest BCUT2D eigenvalue weighted by Gasteiger charge is -2.31. The first kappa shape index (κ1) is 11.4. The van der Waals surface area contributed by atoms with E-state index < -0.39 is 9.84 Å². The van der Waals surface area contributed by atoms with Crippen molar-refractivity contribution in [2.75, 3.05) is 18.1 Å². The summed E-state index contributed by atoms with van der Waals surface area (Å²) in [5.74, 6) is 0.525. The van der Waals surface area contributed by atoms with E-state index in [0.29, 0.717) is 24.8 Å². The van der Waals surface area contributed by atoms with Gasteiger partial charge in [-0.2, -0.15) is 0 Å². The van der Waals surface area contributed by atoms with Gasteiger partial charge < -0.3 is 11.1 Å². The first-order chi connectivity index (χ1) is 7.05. The molecule has 0 amide bonds. The van der Waals surface area contributed by atoms with Gasteiger partial charge in [0, 0.05) is 18.1 Å². The van der Waals surface area contributed by atoms with E-state index in [0.717, 1.165) is 0 Å². The fourth-order valence-electron chi connectivity index (χ4n) is 2.75. The van der Waals surface area contributed by atoms with Crippen molar-refractivity contribution in [3.63, 3.8) is 0 Å². The van der Waals surface area contributed by atoms with Crippen LogP contribution in [0.3, 0.4) is 0 Å². The molecule has 1 aliphatic carbocycles. The predicted molar refractivity (Wildman–Crippen MR) is 60.4 cm³/mol. The summed E-state index contributed by atoms with van der Waals surface area (Å²) in [6.45, 7) is 0.433. The molecule has 0 spiro atoms. The summed E-state index contributed by atoms with van der Waals surface area (Å²) >= 11 is 0. The minimum atomic E-state index is -2.85. The Hall–Kier alpha value is -0.130. The van der Waals surface area contributed by atoms with E-state index in [4.69, 9.17) is 5.73 Å². The zero-order chi connectivity index (χ0) is 10.9. The van der Waals surface area contributed by atoms with E-state index in [1.165, 1.54) is 25.7 Å². The number of rotatable bonds is 3. The van der Waals surface area contributed by atoms with Gasteiger partial charge in [0.15, 0.2) is 9.84 Å². The van der Waals surface area contributed by atoms with Crippen molar-refractivity contribution in [2.45, 2.75) is 43.7 Å². The second-order valence-corrected chi connectivity index (χ2v) is 7.14. The lowest BCUT2D eigenvalue weighted by Crippen LogP contribution is -2.55. The Bertz CT molecular complexity index is 322. The maximum Gasteiger partial charge on any atom is 0.152 e. The van der Waals surface area contributed by atoms with Crippen molar-refractivity contribution in [3.05, 3.63) is 0 Å². The topological polar surface area (TPSA) is 72.2 Å². The maximum absolute atomic E-state index is 11.5. The van der Waals surface area contributed by atoms with Crippen LogP contribution in [-0.2, 0) is 9.84 Å². The molecule has 1 heterocycles. The molecule has 5 heteroatoms. The molecule has 1 saturated carbocycles. The van der Waals surface area contributed by atoms with Crippen LogP contribution in [0.2, 0.25) is 0 Å². The fraction of sp³-hybridized carbons (Fsp3) is 1.00. The predicted octanol–water partition coefficient (Wildman–Crippen LogP) is 0.0346. The number of hydrogen-bond acceptors (Lipinski definition) is 4. The van der Waals surface area contributed by atoms with Gasteiger partial charge in [0.1, 0.15) is 0 Å². The highest BCUT2D eigenvalue weighted by atomic mass is 32.2. The van der Waals surface area contributed by atoms with Crippen LogP contribution in [0, 0.1) is 0 Å². The summed E-state index contributed by atoms with van der Waals surface area (Å²) in [4.78, 5) is 0. The molecule has 2 rings (SSSR count). The van der Waals surface area contributed by atoms with E-state index >= 15 is 0 Å². The number of sulfone groups is 1. The molecule has 3 N–H and O–H groups in total. The average Bonchev–Trinajstić information content (AvgIpc) is 2.75. The molecule has 0 aromatic carbocycles.